The number of hydrogen-bond donors (Lipinski definition) is 1. The highest BCUT2D eigenvalue weighted by atomic mass is 79.9. The smallest absolute Gasteiger partial charge is 0.416 e. The molecule has 0 amide bonds. The van der Waals surface area contributed by atoms with Crippen LogP contribution < -0.4 is 9.46 Å². The van der Waals surface area contributed by atoms with Gasteiger partial charge in [0.2, 0.25) is 10.0 Å². The Kier molecular flexibility index (Phi) is 7.01. The van der Waals surface area contributed by atoms with Gasteiger partial charge >= 0.3 is 12.2 Å². The van der Waals surface area contributed by atoms with Gasteiger partial charge < -0.3 is 4.74 Å². The zero-order valence-electron chi connectivity index (χ0n) is 17.4. The second-order valence-corrected chi connectivity index (χ2v) is 9.77. The molecule has 32 heavy (non-hydrogen) atoms. The van der Waals surface area contributed by atoms with Gasteiger partial charge in [-0.15, -0.1) is 0 Å². The Morgan fingerprint density at radius 3 is 2.44 bits per heavy atom. The Hall–Kier alpha value is -2.37. The summed E-state index contributed by atoms with van der Waals surface area (Å²) in [6.07, 6.45) is -3.20. The molecular weight excluding hydrogens is 511 g/mol. The lowest BCUT2D eigenvalue weighted by atomic mass is 10.2. The van der Waals surface area contributed by atoms with Crippen molar-refractivity contribution in [1.82, 2.24) is 14.3 Å². The SMILES string of the molecule is CCn1c(C(C)NS(=O)(=O)c2cc(Br)cc(C(F)(F)F)c2)cnc1Oc1ccc(C)cc1. The lowest BCUT2D eigenvalue weighted by Crippen LogP contribution is -2.28. The van der Waals surface area contributed by atoms with Crippen molar-refractivity contribution in [3.05, 3.63) is 70.0 Å². The fourth-order valence-corrected chi connectivity index (χ4v) is 5.00. The lowest BCUT2D eigenvalue weighted by Gasteiger charge is -2.18. The van der Waals surface area contributed by atoms with Gasteiger partial charge in [0.15, 0.2) is 0 Å². The van der Waals surface area contributed by atoms with E-state index < -0.39 is 32.7 Å². The van der Waals surface area contributed by atoms with Gasteiger partial charge in [-0.25, -0.2) is 18.1 Å². The molecule has 1 atom stereocenters. The van der Waals surface area contributed by atoms with Crippen LogP contribution in [-0.2, 0) is 22.7 Å². The summed E-state index contributed by atoms with van der Waals surface area (Å²) in [5, 5.41) is 0. The zero-order valence-corrected chi connectivity index (χ0v) is 19.8. The molecule has 1 unspecified atom stereocenters. The summed E-state index contributed by atoms with van der Waals surface area (Å²) < 4.78 is 74.9. The van der Waals surface area contributed by atoms with Gasteiger partial charge in [-0.3, -0.25) is 4.57 Å². The van der Waals surface area contributed by atoms with Crippen molar-refractivity contribution >= 4 is 26.0 Å². The highest BCUT2D eigenvalue weighted by molar-refractivity contribution is 9.10. The predicted octanol–water partition coefficient (Wildman–Crippen LogP) is 5.82. The van der Waals surface area contributed by atoms with Crippen LogP contribution in [0, 0.1) is 6.92 Å². The average Bonchev–Trinajstić information content (AvgIpc) is 3.11. The fourth-order valence-electron chi connectivity index (χ4n) is 3.07. The number of nitrogens with zero attached hydrogens (tertiary/aromatic N) is 2. The van der Waals surface area contributed by atoms with E-state index in [4.69, 9.17) is 4.74 Å². The van der Waals surface area contributed by atoms with Crippen LogP contribution in [-0.4, -0.2) is 18.0 Å². The Morgan fingerprint density at radius 1 is 1.19 bits per heavy atom. The minimum atomic E-state index is -4.68. The minimum absolute atomic E-state index is 0.00716. The number of imidazole rings is 1. The number of ether oxygens (including phenoxy) is 1. The molecule has 0 aliphatic rings. The van der Waals surface area contributed by atoms with Gasteiger partial charge in [0.05, 0.1) is 28.4 Å². The first-order valence-corrected chi connectivity index (χ1v) is 11.9. The van der Waals surface area contributed by atoms with Crippen molar-refractivity contribution in [2.75, 3.05) is 0 Å². The molecule has 1 heterocycles. The molecule has 0 radical (unpaired) electrons. The molecule has 0 saturated heterocycles. The summed E-state index contributed by atoms with van der Waals surface area (Å²) in [6, 6.07) is 9.40. The second kappa shape index (κ2) is 9.24. The predicted molar refractivity (Wildman–Crippen MR) is 117 cm³/mol. The first-order valence-electron chi connectivity index (χ1n) is 9.60. The van der Waals surface area contributed by atoms with Gasteiger partial charge in [-0.1, -0.05) is 33.6 Å². The van der Waals surface area contributed by atoms with Crippen molar-refractivity contribution in [3.63, 3.8) is 0 Å². The summed E-state index contributed by atoms with van der Waals surface area (Å²) in [5.74, 6) is 0.574. The zero-order chi connectivity index (χ0) is 23.7. The number of alkyl halides is 3. The molecule has 0 bridgehead atoms. The molecule has 0 fully saturated rings. The standard InChI is InChI=1S/C21H21BrF3N3O3S/c1-4-28-19(12-26-20(28)31-17-7-5-13(2)6-8-17)14(3)27-32(29,30)18-10-15(21(23,24)25)9-16(22)11-18/h5-12,14,27H,4H2,1-3H3. The maximum absolute atomic E-state index is 13.1. The molecular formula is C21H21BrF3N3O3S. The number of rotatable bonds is 7. The number of benzene rings is 2. The van der Waals surface area contributed by atoms with E-state index in [1.165, 1.54) is 6.20 Å². The van der Waals surface area contributed by atoms with E-state index in [9.17, 15) is 21.6 Å². The van der Waals surface area contributed by atoms with Crippen LogP contribution in [0.25, 0.3) is 0 Å². The molecule has 172 valence electrons. The third kappa shape index (κ3) is 5.51. The highest BCUT2D eigenvalue weighted by Gasteiger charge is 2.33. The third-order valence-electron chi connectivity index (χ3n) is 4.68. The van der Waals surface area contributed by atoms with Crippen molar-refractivity contribution in [3.8, 4) is 11.8 Å². The molecule has 0 aliphatic heterocycles. The van der Waals surface area contributed by atoms with Crippen LogP contribution in [0.2, 0.25) is 0 Å². The number of sulfonamides is 1. The van der Waals surface area contributed by atoms with E-state index in [1.54, 1.807) is 23.6 Å². The van der Waals surface area contributed by atoms with E-state index in [0.717, 1.165) is 17.7 Å². The molecule has 1 aromatic heterocycles. The average molecular weight is 532 g/mol. The lowest BCUT2D eigenvalue weighted by molar-refractivity contribution is -0.137. The quantitative estimate of drug-likeness (QED) is 0.416. The Bertz CT molecular complexity index is 1210. The third-order valence-corrected chi connectivity index (χ3v) is 6.66. The molecule has 6 nitrogen and oxygen atoms in total. The molecule has 0 saturated carbocycles. The van der Waals surface area contributed by atoms with E-state index in [-0.39, 0.29) is 10.5 Å². The number of aryl methyl sites for hydroxylation is 1. The van der Waals surface area contributed by atoms with Gasteiger partial charge in [0, 0.05) is 11.0 Å². The first kappa shape index (κ1) is 24.3. The normalized spacial score (nSPS) is 13.2. The van der Waals surface area contributed by atoms with Gasteiger partial charge in [0.1, 0.15) is 5.75 Å². The summed E-state index contributed by atoms with van der Waals surface area (Å²) in [5.41, 5.74) is 0.512. The summed E-state index contributed by atoms with van der Waals surface area (Å²) in [6.45, 7) is 5.82. The van der Waals surface area contributed by atoms with E-state index in [2.05, 4.69) is 25.6 Å². The van der Waals surface area contributed by atoms with Crippen LogP contribution in [0.15, 0.2) is 58.0 Å². The molecule has 0 aliphatic carbocycles. The van der Waals surface area contributed by atoms with Crippen LogP contribution in [0.5, 0.6) is 11.8 Å². The van der Waals surface area contributed by atoms with Gasteiger partial charge in [0.25, 0.3) is 0 Å². The van der Waals surface area contributed by atoms with E-state index >= 15 is 0 Å². The summed E-state index contributed by atoms with van der Waals surface area (Å²) >= 11 is 2.95. The van der Waals surface area contributed by atoms with E-state index in [0.29, 0.717) is 24.1 Å². The molecule has 3 rings (SSSR count). The fraction of sp³-hybridized carbons (Fsp3) is 0.286. The van der Waals surface area contributed by atoms with Gasteiger partial charge in [-0.05, 0) is 51.1 Å². The van der Waals surface area contributed by atoms with Gasteiger partial charge in [-0.2, -0.15) is 13.2 Å². The maximum Gasteiger partial charge on any atom is 0.416 e. The molecule has 11 heteroatoms. The molecule has 0 spiro atoms. The van der Waals surface area contributed by atoms with Crippen molar-refractivity contribution in [2.24, 2.45) is 0 Å². The topological polar surface area (TPSA) is 73.2 Å². The number of nitrogens with one attached hydrogen (secondary N) is 1. The second-order valence-electron chi connectivity index (χ2n) is 7.14. The van der Waals surface area contributed by atoms with Crippen molar-refractivity contribution in [2.45, 2.75) is 44.4 Å². The Morgan fingerprint density at radius 2 is 1.84 bits per heavy atom. The van der Waals surface area contributed by atoms with Crippen LogP contribution >= 0.6 is 15.9 Å². The molecule has 3 aromatic rings. The first-order chi connectivity index (χ1) is 14.9. The molecule has 1 N–H and O–H groups in total. The van der Waals surface area contributed by atoms with Crippen LogP contribution in [0.1, 0.15) is 36.7 Å². The Labute approximate surface area is 192 Å². The van der Waals surface area contributed by atoms with Crippen molar-refractivity contribution in [1.29, 1.82) is 0 Å². The number of halogens is 4. The van der Waals surface area contributed by atoms with E-state index in [1.807, 2.05) is 26.0 Å². The Balaban J connectivity index is 1.87. The summed E-state index contributed by atoms with van der Waals surface area (Å²) in [4.78, 5) is 3.74. The molecule has 2 aromatic carbocycles. The monoisotopic (exact) mass is 531 g/mol. The largest absolute Gasteiger partial charge is 0.426 e. The number of aromatic nitrogens is 2. The highest BCUT2D eigenvalue weighted by Crippen LogP contribution is 2.33. The number of hydrogen-bond acceptors (Lipinski definition) is 4. The summed E-state index contributed by atoms with van der Waals surface area (Å²) in [7, 11) is -4.25. The maximum atomic E-state index is 13.1. The van der Waals surface area contributed by atoms with Crippen LogP contribution in [0.4, 0.5) is 13.2 Å². The minimum Gasteiger partial charge on any atom is -0.426 e. The van der Waals surface area contributed by atoms with Crippen molar-refractivity contribution < 1.29 is 26.3 Å². The van der Waals surface area contributed by atoms with Crippen LogP contribution in [0.3, 0.4) is 0 Å².